The zero-order valence-corrected chi connectivity index (χ0v) is 14.8. The minimum Gasteiger partial charge on any atom is -0.478 e. The maximum absolute atomic E-state index is 12.2. The van der Waals surface area contributed by atoms with Crippen LogP contribution in [0, 0.1) is 6.92 Å². The molecule has 0 bridgehead atoms. The summed E-state index contributed by atoms with van der Waals surface area (Å²) in [6.07, 6.45) is 5.94. The lowest BCUT2D eigenvalue weighted by Crippen LogP contribution is -2.21. The van der Waals surface area contributed by atoms with E-state index in [2.05, 4.69) is 10.4 Å². The van der Waals surface area contributed by atoms with Crippen LogP contribution >= 0.6 is 0 Å². The SMILES string of the molecule is Cc1c(C(=O)O)cnn1-c1cccc(NC(=O)CCC2CCCCO2)c1. The molecule has 138 valence electrons. The lowest BCUT2D eigenvalue weighted by Gasteiger charge is -2.22. The van der Waals surface area contributed by atoms with Crippen LogP contribution in [0.2, 0.25) is 0 Å². The topological polar surface area (TPSA) is 93.5 Å². The Labute approximate surface area is 152 Å². The van der Waals surface area contributed by atoms with Crippen molar-refractivity contribution >= 4 is 17.6 Å². The lowest BCUT2D eigenvalue weighted by molar-refractivity contribution is -0.117. The van der Waals surface area contributed by atoms with Gasteiger partial charge < -0.3 is 15.2 Å². The van der Waals surface area contributed by atoms with Crippen molar-refractivity contribution in [3.63, 3.8) is 0 Å². The first-order chi connectivity index (χ1) is 12.5. The molecular formula is C19H23N3O4. The first-order valence-corrected chi connectivity index (χ1v) is 8.84. The van der Waals surface area contributed by atoms with Crippen LogP contribution in [-0.4, -0.2) is 39.5 Å². The highest BCUT2D eigenvalue weighted by molar-refractivity contribution is 5.91. The third kappa shape index (κ3) is 4.29. The van der Waals surface area contributed by atoms with E-state index in [-0.39, 0.29) is 17.6 Å². The van der Waals surface area contributed by atoms with Crippen molar-refractivity contribution in [2.45, 2.75) is 45.1 Å². The smallest absolute Gasteiger partial charge is 0.339 e. The van der Waals surface area contributed by atoms with Crippen LogP contribution in [0.25, 0.3) is 5.69 Å². The van der Waals surface area contributed by atoms with Gasteiger partial charge >= 0.3 is 5.97 Å². The van der Waals surface area contributed by atoms with E-state index in [4.69, 9.17) is 9.84 Å². The zero-order chi connectivity index (χ0) is 18.5. The molecule has 1 unspecified atom stereocenters. The van der Waals surface area contributed by atoms with Gasteiger partial charge in [-0.3, -0.25) is 4.79 Å². The summed E-state index contributed by atoms with van der Waals surface area (Å²) in [6, 6.07) is 7.20. The van der Waals surface area contributed by atoms with Crippen molar-refractivity contribution in [3.05, 3.63) is 41.7 Å². The molecule has 1 saturated heterocycles. The predicted octanol–water partition coefficient (Wildman–Crippen LogP) is 3.17. The third-order valence-corrected chi connectivity index (χ3v) is 4.58. The number of nitrogens with zero attached hydrogens (tertiary/aromatic N) is 2. The van der Waals surface area contributed by atoms with Crippen molar-refractivity contribution in [1.82, 2.24) is 9.78 Å². The number of hydrogen-bond acceptors (Lipinski definition) is 4. The highest BCUT2D eigenvalue weighted by Gasteiger charge is 2.16. The number of rotatable bonds is 6. The van der Waals surface area contributed by atoms with Gasteiger partial charge in [0.05, 0.1) is 23.7 Å². The molecule has 1 aliphatic rings. The maximum Gasteiger partial charge on any atom is 0.339 e. The van der Waals surface area contributed by atoms with Gasteiger partial charge in [0.1, 0.15) is 5.56 Å². The number of nitrogens with one attached hydrogen (secondary N) is 1. The fourth-order valence-electron chi connectivity index (χ4n) is 3.15. The lowest BCUT2D eigenvalue weighted by atomic mass is 10.0. The van der Waals surface area contributed by atoms with Gasteiger partial charge in [-0.1, -0.05) is 6.07 Å². The Kier molecular flexibility index (Phi) is 5.68. The Morgan fingerprint density at radius 1 is 1.38 bits per heavy atom. The molecule has 2 aromatic rings. The molecule has 1 aromatic heterocycles. The maximum atomic E-state index is 12.2. The van der Waals surface area contributed by atoms with Crippen molar-refractivity contribution in [3.8, 4) is 5.69 Å². The van der Waals surface area contributed by atoms with E-state index in [1.165, 1.54) is 6.20 Å². The molecule has 1 atom stereocenters. The molecule has 3 rings (SSSR count). The number of carbonyl (C=O) groups excluding carboxylic acids is 1. The molecule has 7 nitrogen and oxygen atoms in total. The molecular weight excluding hydrogens is 334 g/mol. The summed E-state index contributed by atoms with van der Waals surface area (Å²) in [6.45, 7) is 2.49. The number of benzene rings is 1. The number of carboxylic acids is 1. The second kappa shape index (κ2) is 8.14. The Bertz CT molecular complexity index is 794. The van der Waals surface area contributed by atoms with E-state index >= 15 is 0 Å². The summed E-state index contributed by atoms with van der Waals surface area (Å²) in [5, 5.41) is 16.2. The van der Waals surface area contributed by atoms with E-state index in [1.807, 2.05) is 6.07 Å². The standard InChI is InChI=1S/C19H23N3O4/c1-13-17(19(24)25)12-20-22(13)15-6-4-5-14(11-15)21-18(23)9-8-16-7-2-3-10-26-16/h4-6,11-12,16H,2-3,7-10H2,1H3,(H,21,23)(H,24,25). The fraction of sp³-hybridized carbons (Fsp3) is 0.421. The quantitative estimate of drug-likeness (QED) is 0.828. The summed E-state index contributed by atoms with van der Waals surface area (Å²) < 4.78 is 7.20. The van der Waals surface area contributed by atoms with Gasteiger partial charge in [0.15, 0.2) is 0 Å². The van der Waals surface area contributed by atoms with Crippen molar-refractivity contribution < 1.29 is 19.4 Å². The van der Waals surface area contributed by atoms with E-state index in [0.717, 1.165) is 32.3 Å². The van der Waals surface area contributed by atoms with Crippen LogP contribution < -0.4 is 5.32 Å². The second-order valence-corrected chi connectivity index (χ2v) is 6.49. The van der Waals surface area contributed by atoms with Crippen LogP contribution in [0.3, 0.4) is 0 Å². The molecule has 0 saturated carbocycles. The minimum atomic E-state index is -1.01. The number of hydrogen-bond donors (Lipinski definition) is 2. The summed E-state index contributed by atoms with van der Waals surface area (Å²) in [7, 11) is 0. The van der Waals surface area contributed by atoms with Gasteiger partial charge in [0.2, 0.25) is 5.91 Å². The van der Waals surface area contributed by atoms with Gasteiger partial charge in [0, 0.05) is 18.7 Å². The van der Waals surface area contributed by atoms with Gasteiger partial charge in [-0.2, -0.15) is 5.10 Å². The molecule has 2 heterocycles. The molecule has 1 aliphatic heterocycles. The van der Waals surface area contributed by atoms with Crippen molar-refractivity contribution in [2.75, 3.05) is 11.9 Å². The largest absolute Gasteiger partial charge is 0.478 e. The van der Waals surface area contributed by atoms with Gasteiger partial charge in [0.25, 0.3) is 0 Å². The van der Waals surface area contributed by atoms with Crippen LogP contribution in [0.15, 0.2) is 30.5 Å². The monoisotopic (exact) mass is 357 g/mol. The Balaban J connectivity index is 1.63. The van der Waals surface area contributed by atoms with Gasteiger partial charge in [-0.25, -0.2) is 9.48 Å². The Morgan fingerprint density at radius 2 is 2.23 bits per heavy atom. The summed E-state index contributed by atoms with van der Waals surface area (Å²) in [4.78, 5) is 23.4. The molecule has 1 fully saturated rings. The van der Waals surface area contributed by atoms with Crippen molar-refractivity contribution in [1.29, 1.82) is 0 Å². The predicted molar refractivity (Wildman–Crippen MR) is 96.7 cm³/mol. The van der Waals surface area contributed by atoms with Gasteiger partial charge in [-0.15, -0.1) is 0 Å². The highest BCUT2D eigenvalue weighted by Crippen LogP contribution is 2.20. The number of aromatic carboxylic acids is 1. The number of carboxylic acid groups (broad SMARTS) is 1. The number of amides is 1. The Morgan fingerprint density at radius 3 is 2.92 bits per heavy atom. The molecule has 1 amide bonds. The fourth-order valence-corrected chi connectivity index (χ4v) is 3.15. The molecule has 26 heavy (non-hydrogen) atoms. The summed E-state index contributed by atoms with van der Waals surface area (Å²) in [5.74, 6) is -1.07. The second-order valence-electron chi connectivity index (χ2n) is 6.49. The average Bonchev–Trinajstić information content (AvgIpc) is 3.03. The van der Waals surface area contributed by atoms with Crippen molar-refractivity contribution in [2.24, 2.45) is 0 Å². The number of anilines is 1. The molecule has 0 spiro atoms. The van der Waals surface area contributed by atoms with E-state index in [0.29, 0.717) is 23.5 Å². The zero-order valence-electron chi connectivity index (χ0n) is 14.8. The minimum absolute atomic E-state index is 0.0558. The van der Waals surface area contributed by atoms with Crippen LogP contribution in [0.1, 0.15) is 48.2 Å². The normalized spacial score (nSPS) is 17.0. The number of aromatic nitrogens is 2. The van der Waals surface area contributed by atoms with E-state index < -0.39 is 5.97 Å². The van der Waals surface area contributed by atoms with Crippen LogP contribution in [0.4, 0.5) is 5.69 Å². The highest BCUT2D eigenvalue weighted by atomic mass is 16.5. The first-order valence-electron chi connectivity index (χ1n) is 8.84. The summed E-state index contributed by atoms with van der Waals surface area (Å²) in [5.41, 5.74) is 2.05. The number of carbonyl (C=O) groups is 2. The first kappa shape index (κ1) is 18.1. The van der Waals surface area contributed by atoms with Crippen LogP contribution in [0.5, 0.6) is 0 Å². The van der Waals surface area contributed by atoms with E-state index in [1.54, 1.807) is 29.8 Å². The molecule has 0 radical (unpaired) electrons. The molecule has 0 aliphatic carbocycles. The summed E-state index contributed by atoms with van der Waals surface area (Å²) >= 11 is 0. The number of ether oxygens (including phenoxy) is 1. The average molecular weight is 357 g/mol. The van der Waals surface area contributed by atoms with Crippen LogP contribution in [-0.2, 0) is 9.53 Å². The Hall–Kier alpha value is -2.67. The van der Waals surface area contributed by atoms with Gasteiger partial charge in [-0.05, 0) is 50.8 Å². The molecule has 2 N–H and O–H groups in total. The molecule has 1 aromatic carbocycles. The van der Waals surface area contributed by atoms with E-state index in [9.17, 15) is 9.59 Å². The third-order valence-electron chi connectivity index (χ3n) is 4.58. The molecule has 7 heteroatoms.